The number of fused-ring (bicyclic) bond motifs is 6. The van der Waals surface area contributed by atoms with E-state index in [9.17, 15) is 0 Å². The number of rotatable bonds is 3. The largest absolute Gasteiger partial charge is 0.456 e. The average Bonchev–Trinajstić information content (AvgIpc) is 3.42. The van der Waals surface area contributed by atoms with Crippen LogP contribution in [0.15, 0.2) is 120 Å². The molecule has 5 aromatic carbocycles. The monoisotopic (exact) mass is 423 g/mol. The Bertz CT molecular complexity index is 1790. The van der Waals surface area contributed by atoms with Gasteiger partial charge >= 0.3 is 0 Å². The number of aromatic nitrogens is 1. The minimum absolute atomic E-state index is 0.803. The van der Waals surface area contributed by atoms with Gasteiger partial charge in [0.25, 0.3) is 0 Å². The minimum atomic E-state index is 0.803. The van der Waals surface area contributed by atoms with Crippen molar-refractivity contribution in [2.45, 2.75) is 6.42 Å². The molecule has 0 saturated carbocycles. The van der Waals surface area contributed by atoms with Gasteiger partial charge in [0, 0.05) is 33.7 Å². The summed E-state index contributed by atoms with van der Waals surface area (Å²) in [6.45, 7) is 0. The molecule has 2 heterocycles. The van der Waals surface area contributed by atoms with Gasteiger partial charge in [-0.2, -0.15) is 0 Å². The van der Waals surface area contributed by atoms with Gasteiger partial charge in [0.1, 0.15) is 11.2 Å². The maximum absolute atomic E-state index is 6.33. The Morgan fingerprint density at radius 1 is 0.515 bits per heavy atom. The van der Waals surface area contributed by atoms with E-state index in [0.717, 1.165) is 17.6 Å². The molecular formula is C31H21NO. The lowest BCUT2D eigenvalue weighted by Gasteiger charge is -2.11. The van der Waals surface area contributed by atoms with Crippen molar-refractivity contribution in [3.63, 3.8) is 0 Å². The fourth-order valence-corrected chi connectivity index (χ4v) is 5.23. The summed E-state index contributed by atoms with van der Waals surface area (Å²) >= 11 is 0. The first-order valence-corrected chi connectivity index (χ1v) is 11.3. The second-order valence-electron chi connectivity index (χ2n) is 8.57. The molecule has 0 atom stereocenters. The third kappa shape index (κ3) is 2.74. The van der Waals surface area contributed by atoms with E-state index >= 15 is 0 Å². The Balaban J connectivity index is 1.51. The van der Waals surface area contributed by atoms with Crippen molar-refractivity contribution in [2.24, 2.45) is 0 Å². The summed E-state index contributed by atoms with van der Waals surface area (Å²) in [5.74, 6) is 0. The predicted molar refractivity (Wildman–Crippen MR) is 137 cm³/mol. The Morgan fingerprint density at radius 3 is 2.06 bits per heavy atom. The quantitative estimate of drug-likeness (QED) is 0.280. The molecule has 0 aliphatic carbocycles. The third-order valence-electron chi connectivity index (χ3n) is 6.66. The highest BCUT2D eigenvalue weighted by Gasteiger charge is 2.17. The first kappa shape index (κ1) is 18.3. The summed E-state index contributed by atoms with van der Waals surface area (Å²) in [7, 11) is 0. The SMILES string of the molecule is c1ccc(-n2c3ccccc3c3cccc(Cc4cccc5c4oc4ccccc45)c32)cc1. The van der Waals surface area contributed by atoms with Gasteiger partial charge in [0.2, 0.25) is 0 Å². The Morgan fingerprint density at radius 2 is 1.18 bits per heavy atom. The number of hydrogen-bond acceptors (Lipinski definition) is 1. The zero-order valence-electron chi connectivity index (χ0n) is 18.0. The van der Waals surface area contributed by atoms with Gasteiger partial charge in [-0.1, -0.05) is 91.0 Å². The van der Waals surface area contributed by atoms with Crippen LogP contribution in [-0.4, -0.2) is 4.57 Å². The van der Waals surface area contributed by atoms with Gasteiger partial charge in [-0.25, -0.2) is 0 Å². The van der Waals surface area contributed by atoms with Crippen LogP contribution >= 0.6 is 0 Å². The Kier molecular flexibility index (Phi) is 3.94. The lowest BCUT2D eigenvalue weighted by atomic mass is 10.00. The van der Waals surface area contributed by atoms with Crippen LogP contribution in [0.2, 0.25) is 0 Å². The van der Waals surface area contributed by atoms with Crippen molar-refractivity contribution in [3.8, 4) is 5.69 Å². The van der Waals surface area contributed by atoms with Crippen LogP contribution in [0.1, 0.15) is 11.1 Å². The standard InChI is InChI=1S/C31H21NO/c1-2-12-23(13-3-1)32-28-18-6-4-14-24(28)26-16-8-10-21(30(26)32)20-22-11-9-17-27-25-15-5-7-19-29(25)33-31(22)27/h1-19H,20H2. The van der Waals surface area contributed by atoms with Crippen molar-refractivity contribution in [2.75, 3.05) is 0 Å². The molecule has 2 nitrogen and oxygen atoms in total. The average molecular weight is 424 g/mol. The summed E-state index contributed by atoms with van der Waals surface area (Å²) in [6.07, 6.45) is 0.803. The first-order valence-electron chi connectivity index (χ1n) is 11.3. The van der Waals surface area contributed by atoms with E-state index in [-0.39, 0.29) is 0 Å². The van der Waals surface area contributed by atoms with Gasteiger partial charge < -0.3 is 8.98 Å². The van der Waals surface area contributed by atoms with E-state index in [0.29, 0.717) is 0 Å². The molecule has 33 heavy (non-hydrogen) atoms. The molecule has 7 aromatic rings. The summed E-state index contributed by atoms with van der Waals surface area (Å²) < 4.78 is 8.74. The van der Waals surface area contributed by atoms with E-state index in [4.69, 9.17) is 4.42 Å². The van der Waals surface area contributed by atoms with Crippen molar-refractivity contribution in [3.05, 3.63) is 126 Å². The minimum Gasteiger partial charge on any atom is -0.456 e. The van der Waals surface area contributed by atoms with Crippen LogP contribution in [-0.2, 0) is 6.42 Å². The summed E-state index contributed by atoms with van der Waals surface area (Å²) in [6, 6.07) is 40.8. The van der Waals surface area contributed by atoms with Crippen molar-refractivity contribution >= 4 is 43.7 Å². The van der Waals surface area contributed by atoms with E-state index in [1.807, 2.05) is 12.1 Å². The maximum atomic E-state index is 6.33. The van der Waals surface area contributed by atoms with Crippen molar-refractivity contribution < 1.29 is 4.42 Å². The van der Waals surface area contributed by atoms with Crippen LogP contribution in [0.4, 0.5) is 0 Å². The molecule has 0 amide bonds. The molecule has 0 aliphatic rings. The molecule has 0 aliphatic heterocycles. The number of furan rings is 1. The summed E-state index contributed by atoms with van der Waals surface area (Å²) in [4.78, 5) is 0. The zero-order valence-corrected chi connectivity index (χ0v) is 18.0. The highest BCUT2D eigenvalue weighted by molar-refractivity contribution is 6.10. The van der Waals surface area contributed by atoms with Gasteiger partial charge in [-0.15, -0.1) is 0 Å². The fourth-order valence-electron chi connectivity index (χ4n) is 5.23. The molecule has 0 saturated heterocycles. The lowest BCUT2D eigenvalue weighted by Crippen LogP contribution is -1.98. The van der Waals surface area contributed by atoms with E-state index in [1.54, 1.807) is 0 Å². The molecule has 0 fully saturated rings. The van der Waals surface area contributed by atoms with Gasteiger partial charge in [0.05, 0.1) is 11.0 Å². The predicted octanol–water partition coefficient (Wildman–Crippen LogP) is 8.27. The van der Waals surface area contributed by atoms with Gasteiger partial charge in [0.15, 0.2) is 0 Å². The molecule has 2 aromatic heterocycles. The Hall–Kier alpha value is -4.30. The molecule has 0 N–H and O–H groups in total. The van der Waals surface area contributed by atoms with Gasteiger partial charge in [-0.3, -0.25) is 0 Å². The maximum Gasteiger partial charge on any atom is 0.138 e. The topological polar surface area (TPSA) is 18.1 Å². The molecule has 0 unspecified atom stereocenters. The molecule has 2 heteroatoms. The highest BCUT2D eigenvalue weighted by Crippen LogP contribution is 2.36. The third-order valence-corrected chi connectivity index (χ3v) is 6.66. The van der Waals surface area contributed by atoms with Crippen LogP contribution < -0.4 is 0 Å². The Labute approximate surface area is 191 Å². The van der Waals surface area contributed by atoms with Crippen molar-refractivity contribution in [1.29, 1.82) is 0 Å². The number of nitrogens with zero attached hydrogens (tertiary/aromatic N) is 1. The molecule has 0 spiro atoms. The first-order chi connectivity index (χ1) is 16.4. The van der Waals surface area contributed by atoms with Crippen LogP contribution in [0.25, 0.3) is 49.4 Å². The van der Waals surface area contributed by atoms with Crippen LogP contribution in [0.5, 0.6) is 0 Å². The zero-order chi connectivity index (χ0) is 21.8. The molecule has 0 radical (unpaired) electrons. The number of benzene rings is 5. The molecule has 156 valence electrons. The van der Waals surface area contributed by atoms with Crippen LogP contribution in [0.3, 0.4) is 0 Å². The second-order valence-corrected chi connectivity index (χ2v) is 8.57. The summed E-state index contributed by atoms with van der Waals surface area (Å²) in [5.41, 5.74) is 8.10. The smallest absolute Gasteiger partial charge is 0.138 e. The fraction of sp³-hybridized carbons (Fsp3) is 0.0323. The van der Waals surface area contributed by atoms with E-state index in [1.165, 1.54) is 49.4 Å². The van der Waals surface area contributed by atoms with E-state index < -0.39 is 0 Å². The van der Waals surface area contributed by atoms with Gasteiger partial charge in [-0.05, 0) is 35.4 Å². The molecule has 0 bridgehead atoms. The normalized spacial score (nSPS) is 11.8. The second kappa shape index (κ2) is 7.11. The number of para-hydroxylation sites is 5. The van der Waals surface area contributed by atoms with Crippen molar-refractivity contribution in [1.82, 2.24) is 4.57 Å². The molecule has 7 rings (SSSR count). The van der Waals surface area contributed by atoms with E-state index in [2.05, 4.69) is 108 Å². The number of hydrogen-bond donors (Lipinski definition) is 0. The molecular weight excluding hydrogens is 402 g/mol. The summed E-state index contributed by atoms with van der Waals surface area (Å²) in [5, 5.41) is 4.91. The lowest BCUT2D eigenvalue weighted by molar-refractivity contribution is 0.664. The highest BCUT2D eigenvalue weighted by atomic mass is 16.3. The van der Waals surface area contributed by atoms with Crippen LogP contribution in [0, 0.1) is 0 Å².